The van der Waals surface area contributed by atoms with Gasteiger partial charge in [-0.15, -0.1) is 0 Å². The van der Waals surface area contributed by atoms with Crippen molar-refractivity contribution in [1.82, 2.24) is 0 Å². The van der Waals surface area contributed by atoms with Crippen molar-refractivity contribution in [3.05, 3.63) is 11.6 Å². The quantitative estimate of drug-likeness (QED) is 0.475. The van der Waals surface area contributed by atoms with Crippen molar-refractivity contribution in [2.24, 2.45) is 23.2 Å². The minimum absolute atomic E-state index is 0.0314. The first-order valence-electron chi connectivity index (χ1n) is 6.88. The number of ether oxygens (including phenoxy) is 1. The summed E-state index contributed by atoms with van der Waals surface area (Å²) < 4.78 is 5.57. The Morgan fingerprint density at radius 2 is 2.24 bits per heavy atom. The maximum atomic E-state index is 11.7. The van der Waals surface area contributed by atoms with Crippen molar-refractivity contribution < 1.29 is 9.53 Å². The van der Waals surface area contributed by atoms with Crippen LogP contribution in [-0.2, 0) is 9.53 Å². The van der Waals surface area contributed by atoms with Crippen molar-refractivity contribution in [1.29, 1.82) is 0 Å². The predicted molar refractivity (Wildman–Crippen MR) is 66.4 cm³/mol. The normalized spacial score (nSPS) is 49.1. The van der Waals surface area contributed by atoms with E-state index in [0.29, 0.717) is 17.3 Å². The highest BCUT2D eigenvalue weighted by molar-refractivity contribution is 5.75. The van der Waals surface area contributed by atoms with Crippen molar-refractivity contribution in [3.8, 4) is 0 Å². The Balaban J connectivity index is 1.91. The van der Waals surface area contributed by atoms with Gasteiger partial charge in [-0.25, -0.2) is 0 Å². The van der Waals surface area contributed by atoms with Crippen LogP contribution in [-0.4, -0.2) is 12.1 Å². The zero-order valence-corrected chi connectivity index (χ0v) is 11.0. The Kier molecular flexibility index (Phi) is 2.39. The lowest BCUT2D eigenvalue weighted by atomic mass is 9.56. The molecule has 1 aliphatic heterocycles. The zero-order valence-electron chi connectivity index (χ0n) is 11.0. The van der Waals surface area contributed by atoms with E-state index in [1.54, 1.807) is 5.57 Å². The van der Waals surface area contributed by atoms with Crippen LogP contribution in [0.3, 0.4) is 0 Å². The third-order valence-electron chi connectivity index (χ3n) is 5.51. The lowest BCUT2D eigenvalue weighted by Crippen LogP contribution is -2.43. The molecule has 1 saturated carbocycles. The van der Waals surface area contributed by atoms with Crippen LogP contribution in [0, 0.1) is 23.2 Å². The average molecular weight is 234 g/mol. The summed E-state index contributed by atoms with van der Waals surface area (Å²) in [5.41, 5.74) is 1.91. The topological polar surface area (TPSA) is 26.3 Å². The van der Waals surface area contributed by atoms with Gasteiger partial charge in [0, 0.05) is 5.92 Å². The van der Waals surface area contributed by atoms with E-state index in [1.807, 2.05) is 6.92 Å². The maximum Gasteiger partial charge on any atom is 0.309 e. The molecule has 1 saturated heterocycles. The lowest BCUT2D eigenvalue weighted by Gasteiger charge is -2.48. The molecule has 2 aliphatic carbocycles. The molecule has 2 fully saturated rings. The highest BCUT2D eigenvalue weighted by atomic mass is 16.6. The summed E-state index contributed by atoms with van der Waals surface area (Å²) in [7, 11) is 0. The van der Waals surface area contributed by atoms with Gasteiger partial charge in [0.15, 0.2) is 0 Å². The van der Waals surface area contributed by atoms with Crippen LogP contribution in [0.15, 0.2) is 11.6 Å². The van der Waals surface area contributed by atoms with Crippen molar-refractivity contribution in [2.75, 3.05) is 0 Å². The molecule has 1 heterocycles. The van der Waals surface area contributed by atoms with Gasteiger partial charge in [-0.2, -0.15) is 0 Å². The third kappa shape index (κ3) is 1.56. The molecule has 0 radical (unpaired) electrons. The second-order valence-electron chi connectivity index (χ2n) is 6.56. The van der Waals surface area contributed by atoms with Gasteiger partial charge in [0.1, 0.15) is 6.10 Å². The second-order valence-corrected chi connectivity index (χ2v) is 6.56. The van der Waals surface area contributed by atoms with E-state index in [0.717, 1.165) is 12.8 Å². The molecule has 5 atom stereocenters. The molecule has 94 valence electrons. The van der Waals surface area contributed by atoms with Crippen LogP contribution in [0.4, 0.5) is 0 Å². The predicted octanol–water partition coefficient (Wildman–Crippen LogP) is 3.32. The Labute approximate surface area is 103 Å². The summed E-state index contributed by atoms with van der Waals surface area (Å²) in [6, 6.07) is 0. The molecule has 2 heteroatoms. The van der Waals surface area contributed by atoms with Crippen LogP contribution in [0.1, 0.15) is 46.5 Å². The second kappa shape index (κ2) is 3.60. The van der Waals surface area contributed by atoms with Crippen LogP contribution in [0.2, 0.25) is 0 Å². The maximum absolute atomic E-state index is 11.7. The first-order valence-corrected chi connectivity index (χ1v) is 6.88. The number of rotatable bonds is 0. The monoisotopic (exact) mass is 234 g/mol. The molecular weight excluding hydrogens is 212 g/mol. The van der Waals surface area contributed by atoms with Gasteiger partial charge in [-0.3, -0.25) is 4.79 Å². The van der Waals surface area contributed by atoms with E-state index in [-0.39, 0.29) is 18.0 Å². The standard InChI is InChI=1S/C15H22O2/c1-9-5-4-6-15(3)8-13-11(7-12(9)15)10(2)14(16)17-13/h5,10-13H,4,6-8H2,1-3H3/t10-,11-,12+,13+,15-/m0/s1. The number of fused-ring (bicyclic) bond motifs is 2. The molecule has 3 aliphatic rings. The number of esters is 1. The summed E-state index contributed by atoms with van der Waals surface area (Å²) in [6.45, 7) is 6.70. The Bertz CT molecular complexity index is 384. The fourth-order valence-electron chi connectivity index (χ4n) is 4.33. The largest absolute Gasteiger partial charge is 0.462 e. The summed E-state index contributed by atoms with van der Waals surface area (Å²) in [4.78, 5) is 11.7. The van der Waals surface area contributed by atoms with Gasteiger partial charge in [0.05, 0.1) is 5.92 Å². The molecule has 0 aromatic carbocycles. The highest BCUT2D eigenvalue weighted by Gasteiger charge is 2.53. The summed E-state index contributed by atoms with van der Waals surface area (Å²) in [6.07, 6.45) is 7.27. The van der Waals surface area contributed by atoms with E-state index >= 15 is 0 Å². The molecular formula is C15H22O2. The van der Waals surface area contributed by atoms with Crippen molar-refractivity contribution in [2.45, 2.75) is 52.6 Å². The van der Waals surface area contributed by atoms with Crippen molar-refractivity contribution in [3.63, 3.8) is 0 Å². The molecule has 0 N–H and O–H groups in total. The Hall–Kier alpha value is -0.790. The molecule has 0 unspecified atom stereocenters. The lowest BCUT2D eigenvalue weighted by molar-refractivity contribution is -0.145. The molecule has 17 heavy (non-hydrogen) atoms. The molecule has 0 spiro atoms. The highest BCUT2D eigenvalue weighted by Crippen LogP contribution is 2.55. The summed E-state index contributed by atoms with van der Waals surface area (Å²) in [5.74, 6) is 1.28. The molecule has 0 aromatic heterocycles. The molecule has 0 aromatic rings. The average Bonchev–Trinajstić information content (AvgIpc) is 2.52. The first kappa shape index (κ1) is 11.3. The van der Waals surface area contributed by atoms with Gasteiger partial charge in [-0.1, -0.05) is 25.5 Å². The molecule has 0 bridgehead atoms. The summed E-state index contributed by atoms with van der Waals surface area (Å²) in [5, 5.41) is 0. The smallest absolute Gasteiger partial charge is 0.309 e. The molecule has 3 rings (SSSR count). The van der Waals surface area contributed by atoms with E-state index in [1.165, 1.54) is 12.8 Å². The Morgan fingerprint density at radius 3 is 3.00 bits per heavy atom. The van der Waals surface area contributed by atoms with Gasteiger partial charge in [-0.05, 0) is 43.9 Å². The van der Waals surface area contributed by atoms with Gasteiger partial charge in [0.25, 0.3) is 0 Å². The van der Waals surface area contributed by atoms with Crippen LogP contribution < -0.4 is 0 Å². The van der Waals surface area contributed by atoms with E-state index in [2.05, 4.69) is 19.9 Å². The van der Waals surface area contributed by atoms with Gasteiger partial charge < -0.3 is 4.74 Å². The van der Waals surface area contributed by atoms with Crippen molar-refractivity contribution >= 4 is 5.97 Å². The van der Waals surface area contributed by atoms with Crippen LogP contribution in [0.5, 0.6) is 0 Å². The molecule has 2 nitrogen and oxygen atoms in total. The third-order valence-corrected chi connectivity index (χ3v) is 5.51. The number of carbonyl (C=O) groups is 1. The number of hydrogen-bond donors (Lipinski definition) is 0. The van der Waals surface area contributed by atoms with Crippen LogP contribution in [0.25, 0.3) is 0 Å². The fraction of sp³-hybridized carbons (Fsp3) is 0.800. The van der Waals surface area contributed by atoms with Crippen LogP contribution >= 0.6 is 0 Å². The number of hydrogen-bond acceptors (Lipinski definition) is 2. The van der Waals surface area contributed by atoms with Gasteiger partial charge >= 0.3 is 5.97 Å². The Morgan fingerprint density at radius 1 is 1.47 bits per heavy atom. The minimum Gasteiger partial charge on any atom is -0.462 e. The number of allylic oxidation sites excluding steroid dienone is 2. The minimum atomic E-state index is 0.0314. The van der Waals surface area contributed by atoms with E-state index in [9.17, 15) is 4.79 Å². The van der Waals surface area contributed by atoms with E-state index < -0.39 is 0 Å². The van der Waals surface area contributed by atoms with Gasteiger partial charge in [0.2, 0.25) is 0 Å². The first-order chi connectivity index (χ1) is 8.01. The summed E-state index contributed by atoms with van der Waals surface area (Å²) >= 11 is 0. The molecule has 0 amide bonds. The fourth-order valence-corrected chi connectivity index (χ4v) is 4.33. The SMILES string of the molecule is CC1=CCC[C@@]2(C)C[C@H]3OC(=O)[C@@H](C)[C@@H]3C[C@H]12. The number of carbonyl (C=O) groups excluding carboxylic acids is 1. The zero-order chi connectivity index (χ0) is 12.2. The van der Waals surface area contributed by atoms with E-state index in [4.69, 9.17) is 4.74 Å².